The highest BCUT2D eigenvalue weighted by molar-refractivity contribution is 7.84. The summed E-state index contributed by atoms with van der Waals surface area (Å²) in [4.78, 5) is 21.4. The topological polar surface area (TPSA) is 64.8 Å². The van der Waals surface area contributed by atoms with Gasteiger partial charge in [0.05, 0.1) is 27.6 Å². The van der Waals surface area contributed by atoms with Crippen molar-refractivity contribution in [1.29, 1.82) is 0 Å². The second kappa shape index (κ2) is 7.25. The number of aromatic nitrogens is 3. The van der Waals surface area contributed by atoms with E-state index >= 15 is 0 Å². The Kier molecular flexibility index (Phi) is 4.64. The number of rotatable bonds is 5. The molecule has 5 nitrogen and oxygen atoms in total. The van der Waals surface area contributed by atoms with Gasteiger partial charge in [-0.2, -0.15) is 0 Å². The normalized spacial score (nSPS) is 12.2. The third-order valence-electron chi connectivity index (χ3n) is 4.40. The van der Waals surface area contributed by atoms with Crippen LogP contribution in [-0.2, 0) is 23.6 Å². The Morgan fingerprint density at radius 2 is 1.78 bits per heavy atom. The van der Waals surface area contributed by atoms with E-state index in [4.69, 9.17) is 0 Å². The molecule has 0 spiro atoms. The number of imidazole rings is 1. The number of carbonyl (C=O) groups excluding carboxylic acids is 1. The summed E-state index contributed by atoms with van der Waals surface area (Å²) in [7, 11) is 0.596. The zero-order chi connectivity index (χ0) is 18.8. The molecule has 2 aromatic carbocycles. The Hall–Kier alpha value is -3.12. The molecule has 0 saturated heterocycles. The van der Waals surface area contributed by atoms with E-state index in [9.17, 15) is 9.00 Å². The maximum atomic E-state index is 12.7. The molecule has 0 aliphatic rings. The molecule has 0 aliphatic carbocycles. The number of benzene rings is 2. The average Bonchev–Trinajstić information content (AvgIpc) is 3.03. The van der Waals surface area contributed by atoms with Crippen LogP contribution in [0.5, 0.6) is 0 Å². The van der Waals surface area contributed by atoms with Crippen LogP contribution in [0.25, 0.3) is 11.0 Å². The molecule has 134 valence electrons. The fourth-order valence-corrected chi connectivity index (χ4v) is 3.99. The molecule has 0 N–H and O–H groups in total. The van der Waals surface area contributed by atoms with E-state index in [1.807, 2.05) is 48.0 Å². The largest absolute Gasteiger partial charge is 0.330 e. The molecular formula is C21H17N3O2S. The van der Waals surface area contributed by atoms with Crippen LogP contribution in [0, 0.1) is 0 Å². The van der Waals surface area contributed by atoms with Crippen molar-refractivity contribution >= 4 is 27.6 Å². The van der Waals surface area contributed by atoms with Crippen LogP contribution in [0.1, 0.15) is 21.7 Å². The van der Waals surface area contributed by atoms with Gasteiger partial charge in [-0.05, 0) is 30.3 Å². The minimum absolute atomic E-state index is 0.0303. The molecule has 0 aliphatic heterocycles. The number of aryl methyl sites for hydroxylation is 1. The third-order valence-corrected chi connectivity index (χ3v) is 5.63. The molecule has 4 aromatic rings. The first-order valence-electron chi connectivity index (χ1n) is 8.48. The van der Waals surface area contributed by atoms with Gasteiger partial charge in [0.25, 0.3) is 0 Å². The quantitative estimate of drug-likeness (QED) is 0.501. The van der Waals surface area contributed by atoms with Gasteiger partial charge >= 0.3 is 0 Å². The Morgan fingerprint density at radius 1 is 1.00 bits per heavy atom. The van der Waals surface area contributed by atoms with Crippen LogP contribution in [-0.4, -0.2) is 24.5 Å². The van der Waals surface area contributed by atoms with E-state index in [1.54, 1.807) is 36.5 Å². The van der Waals surface area contributed by atoms with Crippen molar-refractivity contribution in [3.05, 3.63) is 89.9 Å². The first-order valence-corrected chi connectivity index (χ1v) is 9.80. The molecule has 6 heteroatoms. The van der Waals surface area contributed by atoms with Gasteiger partial charge in [-0.1, -0.05) is 36.4 Å². The molecule has 1 unspecified atom stereocenters. The molecular weight excluding hydrogens is 358 g/mol. The Morgan fingerprint density at radius 3 is 2.52 bits per heavy atom. The molecule has 0 bridgehead atoms. The van der Waals surface area contributed by atoms with Gasteiger partial charge in [-0.25, -0.2) is 9.97 Å². The van der Waals surface area contributed by atoms with E-state index in [0.717, 1.165) is 11.0 Å². The summed E-state index contributed by atoms with van der Waals surface area (Å²) in [5.41, 5.74) is 2.87. The molecule has 0 saturated carbocycles. The summed E-state index contributed by atoms with van der Waals surface area (Å²) >= 11 is 0. The minimum Gasteiger partial charge on any atom is -0.330 e. The van der Waals surface area contributed by atoms with E-state index in [2.05, 4.69) is 9.97 Å². The van der Waals surface area contributed by atoms with Crippen molar-refractivity contribution in [2.45, 2.75) is 10.8 Å². The molecule has 0 fully saturated rings. The lowest BCUT2D eigenvalue weighted by atomic mass is 10.0. The smallest absolute Gasteiger partial charge is 0.193 e. The fourth-order valence-electron chi connectivity index (χ4n) is 2.94. The number of pyridine rings is 1. The second-order valence-electron chi connectivity index (χ2n) is 6.14. The number of hydrogen-bond donors (Lipinski definition) is 0. The van der Waals surface area contributed by atoms with Crippen molar-refractivity contribution in [3.63, 3.8) is 0 Å². The lowest BCUT2D eigenvalue weighted by Gasteiger charge is -2.04. The number of hydrogen-bond acceptors (Lipinski definition) is 4. The number of fused-ring (bicyclic) bond motifs is 1. The summed E-state index contributed by atoms with van der Waals surface area (Å²) in [6, 6.07) is 20.0. The Labute approximate surface area is 159 Å². The van der Waals surface area contributed by atoms with Gasteiger partial charge in [-0.3, -0.25) is 9.00 Å². The van der Waals surface area contributed by atoms with Crippen molar-refractivity contribution < 1.29 is 9.00 Å². The van der Waals surface area contributed by atoms with Crippen LogP contribution >= 0.6 is 0 Å². The summed E-state index contributed by atoms with van der Waals surface area (Å²) < 4.78 is 14.4. The van der Waals surface area contributed by atoms with E-state index < -0.39 is 10.8 Å². The van der Waals surface area contributed by atoms with E-state index in [-0.39, 0.29) is 11.5 Å². The SMILES string of the molecule is Cn1c(CS(=O)c2ccccn2)nc2ccc(C(=O)c3ccccc3)cc21. The number of nitrogens with zero attached hydrogens (tertiary/aromatic N) is 3. The summed E-state index contributed by atoms with van der Waals surface area (Å²) in [6.07, 6.45) is 1.63. The van der Waals surface area contributed by atoms with Crippen molar-refractivity contribution in [3.8, 4) is 0 Å². The fraction of sp³-hybridized carbons (Fsp3) is 0.0952. The van der Waals surface area contributed by atoms with Crippen molar-refractivity contribution in [1.82, 2.24) is 14.5 Å². The van der Waals surface area contributed by atoms with Gasteiger partial charge in [0.2, 0.25) is 0 Å². The lowest BCUT2D eigenvalue weighted by Crippen LogP contribution is -2.05. The van der Waals surface area contributed by atoms with Crippen LogP contribution in [0.15, 0.2) is 78.0 Å². The van der Waals surface area contributed by atoms with E-state index in [1.165, 1.54) is 0 Å². The Bertz CT molecular complexity index is 1140. The highest BCUT2D eigenvalue weighted by Crippen LogP contribution is 2.20. The number of carbonyl (C=O) groups is 1. The molecule has 0 amide bonds. The van der Waals surface area contributed by atoms with Gasteiger partial charge in [0, 0.05) is 24.4 Å². The summed E-state index contributed by atoms with van der Waals surface area (Å²) in [6.45, 7) is 0. The minimum atomic E-state index is -1.28. The number of ketones is 1. The highest BCUT2D eigenvalue weighted by Gasteiger charge is 2.15. The zero-order valence-electron chi connectivity index (χ0n) is 14.7. The summed E-state index contributed by atoms with van der Waals surface area (Å²) in [5, 5.41) is 0.532. The van der Waals surface area contributed by atoms with Gasteiger partial charge in [-0.15, -0.1) is 0 Å². The van der Waals surface area contributed by atoms with Crippen LogP contribution in [0.4, 0.5) is 0 Å². The standard InChI is InChI=1S/C21H17N3O2S/c1-24-18-13-16(21(25)15-7-3-2-4-8-15)10-11-17(18)23-19(24)14-27(26)20-9-5-6-12-22-20/h2-13H,14H2,1H3. The molecule has 4 rings (SSSR count). The predicted octanol–water partition coefficient (Wildman–Crippen LogP) is 3.51. The first-order chi connectivity index (χ1) is 13.1. The first kappa shape index (κ1) is 17.3. The van der Waals surface area contributed by atoms with Gasteiger partial charge in [0.1, 0.15) is 10.9 Å². The third kappa shape index (κ3) is 3.44. The molecule has 0 radical (unpaired) electrons. The average molecular weight is 375 g/mol. The van der Waals surface area contributed by atoms with Crippen LogP contribution in [0.2, 0.25) is 0 Å². The van der Waals surface area contributed by atoms with E-state index in [0.29, 0.717) is 22.0 Å². The monoisotopic (exact) mass is 375 g/mol. The molecule has 2 heterocycles. The predicted molar refractivity (Wildman–Crippen MR) is 105 cm³/mol. The zero-order valence-corrected chi connectivity index (χ0v) is 15.5. The maximum Gasteiger partial charge on any atom is 0.193 e. The molecule has 1 atom stereocenters. The summed E-state index contributed by atoms with van der Waals surface area (Å²) in [5.74, 6) is 0.931. The second-order valence-corrected chi connectivity index (χ2v) is 7.54. The van der Waals surface area contributed by atoms with Crippen molar-refractivity contribution in [2.24, 2.45) is 7.05 Å². The van der Waals surface area contributed by atoms with Gasteiger partial charge < -0.3 is 4.57 Å². The lowest BCUT2D eigenvalue weighted by molar-refractivity contribution is 0.103. The van der Waals surface area contributed by atoms with Gasteiger partial charge in [0.15, 0.2) is 5.78 Å². The molecule has 2 aromatic heterocycles. The van der Waals surface area contributed by atoms with Crippen molar-refractivity contribution in [2.75, 3.05) is 0 Å². The maximum absolute atomic E-state index is 12.7. The van der Waals surface area contributed by atoms with Crippen LogP contribution in [0.3, 0.4) is 0 Å². The van der Waals surface area contributed by atoms with Crippen LogP contribution < -0.4 is 0 Å². The Balaban J connectivity index is 1.66. The highest BCUT2D eigenvalue weighted by atomic mass is 32.2. The molecule has 27 heavy (non-hydrogen) atoms.